The summed E-state index contributed by atoms with van der Waals surface area (Å²) in [7, 11) is 0. The molecule has 0 aromatic carbocycles. The molecule has 1 unspecified atom stereocenters. The lowest BCUT2D eigenvalue weighted by molar-refractivity contribution is 0.193. The monoisotopic (exact) mass is 204 g/mol. The summed E-state index contributed by atoms with van der Waals surface area (Å²) < 4.78 is 5.26. The molecule has 5 heteroatoms. The van der Waals surface area contributed by atoms with Gasteiger partial charge in [0.1, 0.15) is 23.3 Å². The van der Waals surface area contributed by atoms with E-state index >= 15 is 0 Å². The van der Waals surface area contributed by atoms with Crippen LogP contribution in [-0.2, 0) is 4.74 Å². The number of aromatic nitrogens is 2. The Labute approximate surface area is 87.9 Å². The highest BCUT2D eigenvalue weighted by Crippen LogP contribution is 2.24. The zero-order chi connectivity index (χ0) is 10.8. The summed E-state index contributed by atoms with van der Waals surface area (Å²) in [6, 6.07) is 2.00. The van der Waals surface area contributed by atoms with E-state index in [-0.39, 0.29) is 11.7 Å². The minimum Gasteiger partial charge on any atom is -0.382 e. The first-order valence-corrected chi connectivity index (χ1v) is 4.84. The third-order valence-corrected chi connectivity index (χ3v) is 2.54. The molecule has 0 amide bonds. The minimum atomic E-state index is 0.221. The van der Waals surface area contributed by atoms with Crippen molar-refractivity contribution < 1.29 is 4.74 Å². The van der Waals surface area contributed by atoms with Gasteiger partial charge in [0.25, 0.3) is 0 Å². The van der Waals surface area contributed by atoms with E-state index in [4.69, 9.17) is 15.7 Å². The van der Waals surface area contributed by atoms with Crippen molar-refractivity contribution in [1.29, 1.82) is 5.26 Å². The van der Waals surface area contributed by atoms with Crippen LogP contribution in [-0.4, -0.2) is 23.2 Å². The molecule has 0 aliphatic carbocycles. The number of aryl methyl sites for hydroxylation is 1. The highest BCUT2D eigenvalue weighted by atomic mass is 16.5. The molecule has 0 saturated carbocycles. The molecule has 1 aliphatic rings. The van der Waals surface area contributed by atoms with Crippen molar-refractivity contribution in [3.05, 3.63) is 17.1 Å². The molecule has 2 heterocycles. The average Bonchev–Trinajstić information content (AvgIpc) is 2.69. The van der Waals surface area contributed by atoms with Gasteiger partial charge in [-0.05, 0) is 13.3 Å². The lowest BCUT2D eigenvalue weighted by Crippen LogP contribution is -2.10. The third kappa shape index (κ3) is 1.76. The number of hydrogen-bond donors (Lipinski definition) is 1. The summed E-state index contributed by atoms with van der Waals surface area (Å²) >= 11 is 0. The highest BCUT2D eigenvalue weighted by molar-refractivity contribution is 5.50. The number of nitrogen functional groups attached to an aromatic ring is 1. The molecule has 1 saturated heterocycles. The van der Waals surface area contributed by atoms with Crippen LogP contribution in [0.3, 0.4) is 0 Å². The van der Waals surface area contributed by atoms with Crippen LogP contribution in [0.5, 0.6) is 0 Å². The molecule has 1 atom stereocenters. The van der Waals surface area contributed by atoms with Crippen LogP contribution in [0.2, 0.25) is 0 Å². The molecule has 1 fully saturated rings. The highest BCUT2D eigenvalue weighted by Gasteiger charge is 2.22. The number of ether oxygens (including phenoxy) is 1. The SMILES string of the molecule is Cc1nc(C2CCOC2)nc(N)c1C#N. The second-order valence-corrected chi connectivity index (χ2v) is 3.60. The quantitative estimate of drug-likeness (QED) is 0.729. The number of nitrogens with two attached hydrogens (primary N) is 1. The fourth-order valence-electron chi connectivity index (χ4n) is 1.68. The number of anilines is 1. The van der Waals surface area contributed by atoms with Gasteiger partial charge in [-0.25, -0.2) is 9.97 Å². The van der Waals surface area contributed by atoms with Gasteiger partial charge in [0.05, 0.1) is 12.3 Å². The summed E-state index contributed by atoms with van der Waals surface area (Å²) in [6.45, 7) is 3.16. The molecule has 1 aromatic rings. The van der Waals surface area contributed by atoms with E-state index in [0.29, 0.717) is 23.7 Å². The second-order valence-electron chi connectivity index (χ2n) is 3.60. The zero-order valence-corrected chi connectivity index (χ0v) is 8.53. The lowest BCUT2D eigenvalue weighted by Gasteiger charge is -2.09. The molecule has 0 radical (unpaired) electrons. The minimum absolute atomic E-state index is 0.221. The largest absolute Gasteiger partial charge is 0.382 e. The topological polar surface area (TPSA) is 84.8 Å². The Balaban J connectivity index is 2.39. The summed E-state index contributed by atoms with van der Waals surface area (Å²) in [5.74, 6) is 1.19. The van der Waals surface area contributed by atoms with Gasteiger partial charge in [0.15, 0.2) is 0 Å². The van der Waals surface area contributed by atoms with Crippen LogP contribution in [0.1, 0.15) is 29.4 Å². The first-order chi connectivity index (χ1) is 7.22. The van der Waals surface area contributed by atoms with Crippen LogP contribution < -0.4 is 5.73 Å². The fourth-order valence-corrected chi connectivity index (χ4v) is 1.68. The fraction of sp³-hybridized carbons (Fsp3) is 0.500. The first kappa shape index (κ1) is 9.87. The number of rotatable bonds is 1. The normalized spacial score (nSPS) is 20.1. The van der Waals surface area contributed by atoms with Crippen molar-refractivity contribution in [2.24, 2.45) is 0 Å². The summed E-state index contributed by atoms with van der Waals surface area (Å²) in [6.07, 6.45) is 0.921. The molecule has 2 N–H and O–H groups in total. The Morgan fingerprint density at radius 2 is 2.33 bits per heavy atom. The van der Waals surface area contributed by atoms with Crippen molar-refractivity contribution in [2.45, 2.75) is 19.3 Å². The number of hydrogen-bond acceptors (Lipinski definition) is 5. The molecule has 1 aliphatic heterocycles. The number of nitriles is 1. The van der Waals surface area contributed by atoms with E-state index in [9.17, 15) is 0 Å². The Morgan fingerprint density at radius 3 is 2.87 bits per heavy atom. The third-order valence-electron chi connectivity index (χ3n) is 2.54. The van der Waals surface area contributed by atoms with Crippen molar-refractivity contribution in [3.63, 3.8) is 0 Å². The smallest absolute Gasteiger partial charge is 0.145 e. The van der Waals surface area contributed by atoms with Gasteiger partial charge < -0.3 is 10.5 Å². The Bertz CT molecular complexity index is 395. The van der Waals surface area contributed by atoms with Crippen molar-refractivity contribution in [1.82, 2.24) is 9.97 Å². The Morgan fingerprint density at radius 1 is 1.53 bits per heavy atom. The van der Waals surface area contributed by atoms with E-state index in [0.717, 1.165) is 13.0 Å². The zero-order valence-electron chi connectivity index (χ0n) is 8.53. The summed E-state index contributed by atoms with van der Waals surface area (Å²) in [5, 5.41) is 8.82. The summed E-state index contributed by atoms with van der Waals surface area (Å²) in [5.41, 5.74) is 6.70. The lowest BCUT2D eigenvalue weighted by atomic mass is 10.1. The van der Waals surface area contributed by atoms with Gasteiger partial charge in [-0.15, -0.1) is 0 Å². The molecule has 0 spiro atoms. The van der Waals surface area contributed by atoms with Crippen LogP contribution in [0, 0.1) is 18.3 Å². The van der Waals surface area contributed by atoms with E-state index < -0.39 is 0 Å². The second kappa shape index (κ2) is 3.83. The average molecular weight is 204 g/mol. The maximum atomic E-state index is 8.82. The summed E-state index contributed by atoms with van der Waals surface area (Å²) in [4.78, 5) is 8.44. The predicted octanol–water partition coefficient (Wildman–Crippen LogP) is 0.743. The maximum Gasteiger partial charge on any atom is 0.145 e. The predicted molar refractivity (Wildman–Crippen MR) is 54.1 cm³/mol. The van der Waals surface area contributed by atoms with E-state index in [1.54, 1.807) is 6.92 Å². The molecule has 5 nitrogen and oxygen atoms in total. The molecule has 78 valence electrons. The van der Waals surface area contributed by atoms with Gasteiger partial charge in [-0.2, -0.15) is 5.26 Å². The maximum absolute atomic E-state index is 8.82. The Hall–Kier alpha value is -1.67. The first-order valence-electron chi connectivity index (χ1n) is 4.84. The van der Waals surface area contributed by atoms with Crippen LogP contribution in [0.4, 0.5) is 5.82 Å². The molecule has 0 bridgehead atoms. The molecule has 2 rings (SSSR count). The van der Waals surface area contributed by atoms with E-state index in [1.165, 1.54) is 0 Å². The van der Waals surface area contributed by atoms with Gasteiger partial charge in [-0.3, -0.25) is 0 Å². The van der Waals surface area contributed by atoms with E-state index in [1.807, 2.05) is 6.07 Å². The van der Waals surface area contributed by atoms with Gasteiger partial charge in [-0.1, -0.05) is 0 Å². The standard InChI is InChI=1S/C10H12N4O/c1-6-8(4-11)9(12)14-10(13-6)7-2-3-15-5-7/h7H,2-3,5H2,1H3,(H2,12,13,14). The van der Waals surface area contributed by atoms with Gasteiger partial charge in [0.2, 0.25) is 0 Å². The van der Waals surface area contributed by atoms with Gasteiger partial charge >= 0.3 is 0 Å². The van der Waals surface area contributed by atoms with Crippen molar-refractivity contribution in [2.75, 3.05) is 18.9 Å². The molecular weight excluding hydrogens is 192 g/mol. The van der Waals surface area contributed by atoms with Crippen LogP contribution in [0.25, 0.3) is 0 Å². The van der Waals surface area contributed by atoms with E-state index in [2.05, 4.69) is 9.97 Å². The van der Waals surface area contributed by atoms with Crippen molar-refractivity contribution in [3.8, 4) is 6.07 Å². The molecular formula is C10H12N4O. The molecule has 15 heavy (non-hydrogen) atoms. The number of nitrogens with zero attached hydrogens (tertiary/aromatic N) is 3. The van der Waals surface area contributed by atoms with Crippen LogP contribution in [0.15, 0.2) is 0 Å². The Kier molecular flexibility index (Phi) is 2.52. The van der Waals surface area contributed by atoms with Crippen molar-refractivity contribution >= 4 is 5.82 Å². The van der Waals surface area contributed by atoms with Gasteiger partial charge in [0, 0.05) is 12.5 Å². The van der Waals surface area contributed by atoms with Crippen LogP contribution >= 0.6 is 0 Å². The molecule has 1 aromatic heterocycles.